The van der Waals surface area contributed by atoms with Crippen molar-refractivity contribution in [3.63, 3.8) is 0 Å². The molecule has 3 nitrogen and oxygen atoms in total. The third kappa shape index (κ3) is 3.51. The monoisotopic (exact) mass is 365 g/mol. The number of anilines is 1. The molecule has 0 amide bonds. The number of furan rings is 1. The van der Waals surface area contributed by atoms with Gasteiger partial charge in [0.2, 0.25) is 5.88 Å². The Labute approximate surface area is 146 Å². The molecule has 0 saturated carbocycles. The molecule has 0 aliphatic carbocycles. The van der Waals surface area contributed by atoms with E-state index in [1.807, 2.05) is 0 Å². The molecule has 0 spiro atoms. The van der Waals surface area contributed by atoms with Gasteiger partial charge >= 0.3 is 6.18 Å². The molecule has 0 unspecified atom stereocenters. The van der Waals surface area contributed by atoms with Gasteiger partial charge in [-0.05, 0) is 35.4 Å². The molecule has 2 aromatic carbocycles. The topological polar surface area (TPSA) is 45.4 Å². The first-order chi connectivity index (χ1) is 12.3. The average Bonchev–Trinajstić information content (AvgIpc) is 2.92. The van der Waals surface area contributed by atoms with Crippen LogP contribution in [0.1, 0.15) is 16.9 Å². The second-order valence-electron chi connectivity index (χ2n) is 5.71. The highest BCUT2D eigenvalue weighted by atomic mass is 19.4. The van der Waals surface area contributed by atoms with E-state index >= 15 is 0 Å². The normalized spacial score (nSPS) is 11.6. The number of rotatable bonds is 4. The highest BCUT2D eigenvalue weighted by Gasteiger charge is 2.31. The number of nitrogens with one attached hydrogen (secondary N) is 1. The largest absolute Gasteiger partial charge is 0.504 e. The van der Waals surface area contributed by atoms with Crippen LogP contribution in [0.2, 0.25) is 0 Å². The van der Waals surface area contributed by atoms with Crippen LogP contribution < -0.4 is 5.32 Å². The van der Waals surface area contributed by atoms with Crippen LogP contribution in [0.4, 0.5) is 23.4 Å². The minimum absolute atomic E-state index is 0.149. The maximum Gasteiger partial charge on any atom is 0.416 e. The number of halogens is 4. The van der Waals surface area contributed by atoms with Gasteiger partial charge in [-0.2, -0.15) is 13.2 Å². The van der Waals surface area contributed by atoms with Crippen molar-refractivity contribution in [1.29, 1.82) is 0 Å². The molecule has 1 aromatic heterocycles. The molecule has 2 N–H and O–H groups in total. The Hall–Kier alpha value is -2.96. The Morgan fingerprint density at radius 2 is 1.77 bits per heavy atom. The zero-order valence-corrected chi connectivity index (χ0v) is 13.7. The maximum absolute atomic E-state index is 13.0. The van der Waals surface area contributed by atoms with Gasteiger partial charge in [-0.25, -0.2) is 4.39 Å². The van der Waals surface area contributed by atoms with Crippen molar-refractivity contribution in [1.82, 2.24) is 0 Å². The van der Waals surface area contributed by atoms with E-state index in [0.29, 0.717) is 5.56 Å². The van der Waals surface area contributed by atoms with Gasteiger partial charge in [0.25, 0.3) is 0 Å². The van der Waals surface area contributed by atoms with Crippen molar-refractivity contribution < 1.29 is 27.1 Å². The zero-order valence-electron chi connectivity index (χ0n) is 13.7. The lowest BCUT2D eigenvalue weighted by Crippen LogP contribution is -2.04. The van der Waals surface area contributed by atoms with E-state index < -0.39 is 17.6 Å². The highest BCUT2D eigenvalue weighted by Crippen LogP contribution is 2.43. The van der Waals surface area contributed by atoms with E-state index in [0.717, 1.165) is 12.1 Å². The summed E-state index contributed by atoms with van der Waals surface area (Å²) in [6, 6.07) is 10.3. The standard InChI is InChI=1S/C19H15F4NO2/c1-24-18-16(12-3-2-4-13(10-12)19(21,22)23)17(25)15(26-18)9-11-5-7-14(20)8-6-11/h2-8,10,24-25H,9H2,1H3. The molecule has 3 aromatic rings. The Balaban J connectivity index is 2.03. The average molecular weight is 365 g/mol. The lowest BCUT2D eigenvalue weighted by Gasteiger charge is -2.09. The Morgan fingerprint density at radius 1 is 1.08 bits per heavy atom. The number of aromatic hydroxyl groups is 1. The number of hydrogen-bond acceptors (Lipinski definition) is 3. The second-order valence-corrected chi connectivity index (χ2v) is 5.71. The van der Waals surface area contributed by atoms with Crippen LogP contribution in [-0.4, -0.2) is 12.2 Å². The lowest BCUT2D eigenvalue weighted by atomic mass is 10.0. The fourth-order valence-electron chi connectivity index (χ4n) is 2.67. The van der Waals surface area contributed by atoms with Gasteiger partial charge in [-0.1, -0.05) is 24.3 Å². The predicted octanol–water partition coefficient (Wildman–Crippen LogP) is 5.44. The summed E-state index contributed by atoms with van der Waals surface area (Å²) in [6.07, 6.45) is -4.33. The van der Waals surface area contributed by atoms with Crippen LogP contribution in [-0.2, 0) is 12.6 Å². The molecule has 7 heteroatoms. The van der Waals surface area contributed by atoms with E-state index in [1.54, 1.807) is 12.1 Å². The molecule has 0 atom stereocenters. The lowest BCUT2D eigenvalue weighted by molar-refractivity contribution is -0.137. The fourth-order valence-corrected chi connectivity index (χ4v) is 2.67. The molecule has 26 heavy (non-hydrogen) atoms. The minimum Gasteiger partial charge on any atom is -0.504 e. The quantitative estimate of drug-likeness (QED) is 0.605. The van der Waals surface area contributed by atoms with Crippen LogP contribution in [0.15, 0.2) is 52.9 Å². The Bertz CT molecular complexity index is 914. The van der Waals surface area contributed by atoms with E-state index in [-0.39, 0.29) is 34.9 Å². The second kappa shape index (κ2) is 6.74. The Morgan fingerprint density at radius 3 is 2.38 bits per heavy atom. The van der Waals surface area contributed by atoms with Crippen LogP contribution >= 0.6 is 0 Å². The number of hydrogen-bond donors (Lipinski definition) is 2. The van der Waals surface area contributed by atoms with E-state index in [1.165, 1.54) is 31.3 Å². The van der Waals surface area contributed by atoms with Crippen molar-refractivity contribution in [2.45, 2.75) is 12.6 Å². The van der Waals surface area contributed by atoms with Gasteiger partial charge in [-0.3, -0.25) is 0 Å². The summed E-state index contributed by atoms with van der Waals surface area (Å²) in [6.45, 7) is 0. The predicted molar refractivity (Wildman–Crippen MR) is 89.6 cm³/mol. The van der Waals surface area contributed by atoms with E-state index in [2.05, 4.69) is 5.32 Å². The molecule has 3 rings (SSSR count). The summed E-state index contributed by atoms with van der Waals surface area (Å²) in [5.74, 6) is -0.316. The molecular formula is C19H15F4NO2. The summed E-state index contributed by atoms with van der Waals surface area (Å²) in [4.78, 5) is 0. The molecular weight excluding hydrogens is 350 g/mol. The summed E-state index contributed by atoms with van der Waals surface area (Å²) in [7, 11) is 1.54. The van der Waals surface area contributed by atoms with E-state index in [4.69, 9.17) is 4.42 Å². The van der Waals surface area contributed by atoms with Crippen LogP contribution in [0.3, 0.4) is 0 Å². The molecule has 136 valence electrons. The molecule has 0 radical (unpaired) electrons. The van der Waals surface area contributed by atoms with Gasteiger partial charge in [0, 0.05) is 13.5 Å². The molecule has 0 aliphatic heterocycles. The summed E-state index contributed by atoms with van der Waals surface area (Å²) in [5.41, 5.74) is 0.193. The molecule has 0 saturated heterocycles. The van der Waals surface area contributed by atoms with Crippen LogP contribution in [0.25, 0.3) is 11.1 Å². The third-order valence-electron chi connectivity index (χ3n) is 3.94. The molecule has 1 heterocycles. The van der Waals surface area contributed by atoms with Crippen molar-refractivity contribution in [2.75, 3.05) is 12.4 Å². The third-order valence-corrected chi connectivity index (χ3v) is 3.94. The maximum atomic E-state index is 13.0. The highest BCUT2D eigenvalue weighted by molar-refractivity contribution is 5.81. The molecule has 0 aliphatic rings. The van der Waals surface area contributed by atoms with Crippen molar-refractivity contribution in [2.24, 2.45) is 0 Å². The smallest absolute Gasteiger partial charge is 0.416 e. The number of benzene rings is 2. The van der Waals surface area contributed by atoms with Crippen LogP contribution in [0, 0.1) is 5.82 Å². The fraction of sp³-hybridized carbons (Fsp3) is 0.158. The first-order valence-electron chi connectivity index (χ1n) is 7.74. The Kier molecular flexibility index (Phi) is 4.63. The first-order valence-corrected chi connectivity index (χ1v) is 7.74. The summed E-state index contributed by atoms with van der Waals surface area (Å²) in [5, 5.41) is 13.3. The molecule has 0 bridgehead atoms. The van der Waals surface area contributed by atoms with E-state index in [9.17, 15) is 22.7 Å². The zero-order chi connectivity index (χ0) is 18.9. The SMILES string of the molecule is CNc1oc(Cc2ccc(F)cc2)c(O)c1-c1cccc(C(F)(F)F)c1. The number of alkyl halides is 3. The first kappa shape index (κ1) is 17.8. The van der Waals surface area contributed by atoms with Gasteiger partial charge < -0.3 is 14.8 Å². The van der Waals surface area contributed by atoms with Gasteiger partial charge in [-0.15, -0.1) is 0 Å². The van der Waals surface area contributed by atoms with Gasteiger partial charge in [0.05, 0.1) is 11.1 Å². The summed E-state index contributed by atoms with van der Waals surface area (Å²) < 4.78 is 57.5. The summed E-state index contributed by atoms with van der Waals surface area (Å²) >= 11 is 0. The van der Waals surface area contributed by atoms with Crippen molar-refractivity contribution in [3.8, 4) is 16.9 Å². The van der Waals surface area contributed by atoms with Gasteiger partial charge in [0.15, 0.2) is 11.5 Å². The van der Waals surface area contributed by atoms with Crippen molar-refractivity contribution in [3.05, 3.63) is 71.2 Å². The van der Waals surface area contributed by atoms with Crippen LogP contribution in [0.5, 0.6) is 5.75 Å². The molecule has 0 fully saturated rings. The van der Waals surface area contributed by atoms with Crippen molar-refractivity contribution >= 4 is 5.88 Å². The van der Waals surface area contributed by atoms with Gasteiger partial charge in [0.1, 0.15) is 5.82 Å². The minimum atomic E-state index is -4.49.